The maximum Gasteiger partial charge on any atom is 0.251 e. The van der Waals surface area contributed by atoms with Crippen LogP contribution in [0.3, 0.4) is 0 Å². The topological polar surface area (TPSA) is 72.5 Å². The molecule has 28 heavy (non-hydrogen) atoms. The summed E-state index contributed by atoms with van der Waals surface area (Å²) < 4.78 is 11.5. The first kappa shape index (κ1) is 24.0. The Balaban J connectivity index is 0.00000196. The number of hydrogen-bond acceptors (Lipinski definition) is 5. The summed E-state index contributed by atoms with van der Waals surface area (Å²) in [6.45, 7) is 4.47. The summed E-state index contributed by atoms with van der Waals surface area (Å²) in [7, 11) is 0. The van der Waals surface area contributed by atoms with E-state index in [4.69, 9.17) is 9.47 Å². The molecule has 1 fully saturated rings. The normalized spacial score (nSPS) is 15.1. The Hall–Kier alpha value is -2.02. The first-order valence-corrected chi connectivity index (χ1v) is 9.06. The molecule has 2 N–H and O–H groups in total. The van der Waals surface area contributed by atoms with Gasteiger partial charge in [-0.1, -0.05) is 6.07 Å². The Morgan fingerprint density at radius 2 is 2.11 bits per heavy atom. The van der Waals surface area contributed by atoms with E-state index < -0.39 is 0 Å². The highest BCUT2D eigenvalue weighted by molar-refractivity contribution is 5.94. The third-order valence-corrected chi connectivity index (χ3v) is 4.29. The number of pyridine rings is 1. The molecule has 2 heterocycles. The molecule has 1 aliphatic rings. The van der Waals surface area contributed by atoms with E-state index in [1.807, 2.05) is 19.1 Å². The lowest BCUT2D eigenvalue weighted by Gasteiger charge is -2.15. The van der Waals surface area contributed by atoms with Gasteiger partial charge in [-0.05, 0) is 50.6 Å². The minimum Gasteiger partial charge on any atom is -0.490 e. The summed E-state index contributed by atoms with van der Waals surface area (Å²) in [6.07, 6.45) is 5.76. The van der Waals surface area contributed by atoms with Gasteiger partial charge in [-0.2, -0.15) is 0 Å². The van der Waals surface area contributed by atoms with Crippen molar-refractivity contribution in [1.82, 2.24) is 15.6 Å². The molecule has 0 bridgehead atoms. The van der Waals surface area contributed by atoms with Crippen molar-refractivity contribution in [2.45, 2.75) is 32.4 Å². The average Bonchev–Trinajstić information content (AvgIpc) is 3.20. The minimum atomic E-state index is -0.0986. The summed E-state index contributed by atoms with van der Waals surface area (Å²) in [5.74, 6) is 1.09. The number of rotatable bonds is 8. The van der Waals surface area contributed by atoms with Gasteiger partial charge in [0.05, 0.1) is 6.61 Å². The van der Waals surface area contributed by atoms with Gasteiger partial charge in [0.1, 0.15) is 6.61 Å². The molecule has 0 spiro atoms. The third-order valence-electron chi connectivity index (χ3n) is 4.29. The highest BCUT2D eigenvalue weighted by atomic mass is 35.5. The van der Waals surface area contributed by atoms with Crippen LogP contribution in [0.15, 0.2) is 42.7 Å². The average molecular weight is 428 g/mol. The van der Waals surface area contributed by atoms with Crippen molar-refractivity contribution in [3.05, 3.63) is 53.9 Å². The first-order chi connectivity index (χ1) is 12.8. The zero-order chi connectivity index (χ0) is 18.2. The molecule has 1 amide bonds. The molecular formula is C20H27Cl2N3O3. The molecule has 1 unspecified atom stereocenters. The summed E-state index contributed by atoms with van der Waals surface area (Å²) >= 11 is 0. The second kappa shape index (κ2) is 12.4. The van der Waals surface area contributed by atoms with E-state index in [0.717, 1.165) is 24.9 Å². The van der Waals surface area contributed by atoms with E-state index in [-0.39, 0.29) is 30.7 Å². The van der Waals surface area contributed by atoms with E-state index in [0.29, 0.717) is 42.9 Å². The van der Waals surface area contributed by atoms with Crippen LogP contribution in [0.2, 0.25) is 0 Å². The van der Waals surface area contributed by atoms with Crippen molar-refractivity contribution < 1.29 is 14.3 Å². The summed E-state index contributed by atoms with van der Waals surface area (Å²) in [6, 6.07) is 9.47. The van der Waals surface area contributed by atoms with E-state index in [2.05, 4.69) is 15.6 Å². The Kier molecular flexibility index (Phi) is 10.7. The minimum absolute atomic E-state index is 0. The van der Waals surface area contributed by atoms with E-state index in [1.165, 1.54) is 0 Å². The van der Waals surface area contributed by atoms with E-state index in [1.54, 1.807) is 30.6 Å². The van der Waals surface area contributed by atoms with Gasteiger partial charge >= 0.3 is 0 Å². The summed E-state index contributed by atoms with van der Waals surface area (Å²) in [5.41, 5.74) is 1.54. The lowest BCUT2D eigenvalue weighted by Crippen LogP contribution is -2.37. The van der Waals surface area contributed by atoms with Crippen LogP contribution < -0.4 is 20.1 Å². The molecule has 3 rings (SSSR count). The maximum absolute atomic E-state index is 12.4. The summed E-state index contributed by atoms with van der Waals surface area (Å²) in [4.78, 5) is 16.5. The van der Waals surface area contributed by atoms with Crippen LogP contribution >= 0.6 is 24.8 Å². The van der Waals surface area contributed by atoms with Gasteiger partial charge in [-0.3, -0.25) is 9.78 Å². The predicted octanol–water partition coefficient (Wildman–Crippen LogP) is 3.38. The highest BCUT2D eigenvalue weighted by Gasteiger charge is 2.16. The van der Waals surface area contributed by atoms with Gasteiger partial charge in [0.15, 0.2) is 11.5 Å². The molecule has 1 aromatic carbocycles. The standard InChI is InChI=1S/C20H25N3O3.2ClH/c1-2-25-19-11-16(20(24)23-13-17-6-4-10-22-17)7-8-18(19)26-14-15-5-3-9-21-12-15;;/h3,5,7-9,11-12,17,22H,2,4,6,10,13-14H2,1H3,(H,23,24);2*1H. The highest BCUT2D eigenvalue weighted by Crippen LogP contribution is 2.29. The lowest BCUT2D eigenvalue weighted by atomic mass is 10.1. The summed E-state index contributed by atoms with van der Waals surface area (Å²) in [5, 5.41) is 6.35. The number of nitrogens with one attached hydrogen (secondary N) is 2. The van der Waals surface area contributed by atoms with Crippen LogP contribution in [0.5, 0.6) is 11.5 Å². The van der Waals surface area contributed by atoms with Gasteiger partial charge < -0.3 is 20.1 Å². The molecule has 1 aromatic heterocycles. The fourth-order valence-corrected chi connectivity index (χ4v) is 2.93. The molecule has 1 atom stereocenters. The smallest absolute Gasteiger partial charge is 0.251 e. The predicted molar refractivity (Wildman–Crippen MR) is 114 cm³/mol. The molecule has 0 radical (unpaired) electrons. The van der Waals surface area contributed by atoms with Crippen molar-refractivity contribution >= 4 is 30.7 Å². The molecular weight excluding hydrogens is 401 g/mol. The number of nitrogens with zero attached hydrogens (tertiary/aromatic N) is 1. The molecule has 1 saturated heterocycles. The quantitative estimate of drug-likeness (QED) is 0.675. The fourth-order valence-electron chi connectivity index (χ4n) is 2.93. The SMILES string of the molecule is CCOc1cc(C(=O)NCC2CCCN2)ccc1OCc1cccnc1.Cl.Cl. The number of carbonyl (C=O) groups excluding carboxylic acids is 1. The Labute approximate surface area is 178 Å². The van der Waals surface area contributed by atoms with Gasteiger partial charge in [0, 0.05) is 36.1 Å². The Morgan fingerprint density at radius 3 is 2.79 bits per heavy atom. The molecule has 1 aliphatic heterocycles. The van der Waals surface area contributed by atoms with Crippen molar-refractivity contribution in [2.24, 2.45) is 0 Å². The number of hydrogen-bond donors (Lipinski definition) is 2. The van der Waals surface area contributed by atoms with Gasteiger partial charge in [-0.15, -0.1) is 24.8 Å². The van der Waals surface area contributed by atoms with Crippen LogP contribution in [0.4, 0.5) is 0 Å². The lowest BCUT2D eigenvalue weighted by molar-refractivity contribution is 0.0949. The Morgan fingerprint density at radius 1 is 1.25 bits per heavy atom. The van der Waals surface area contributed by atoms with E-state index >= 15 is 0 Å². The maximum atomic E-state index is 12.4. The number of amides is 1. The first-order valence-electron chi connectivity index (χ1n) is 9.06. The van der Waals surface area contributed by atoms with Gasteiger partial charge in [0.2, 0.25) is 0 Å². The van der Waals surface area contributed by atoms with Crippen LogP contribution in [-0.4, -0.2) is 36.6 Å². The molecule has 0 saturated carbocycles. The third kappa shape index (κ3) is 6.86. The van der Waals surface area contributed by atoms with E-state index in [9.17, 15) is 4.79 Å². The van der Waals surface area contributed by atoms with Crippen molar-refractivity contribution in [2.75, 3.05) is 19.7 Å². The number of carbonyl (C=O) groups is 1. The van der Waals surface area contributed by atoms with Crippen LogP contribution in [0.1, 0.15) is 35.7 Å². The largest absolute Gasteiger partial charge is 0.490 e. The fraction of sp³-hybridized carbons (Fsp3) is 0.400. The monoisotopic (exact) mass is 427 g/mol. The molecule has 154 valence electrons. The zero-order valence-electron chi connectivity index (χ0n) is 15.8. The van der Waals surface area contributed by atoms with Crippen LogP contribution in [0.25, 0.3) is 0 Å². The van der Waals surface area contributed by atoms with Crippen LogP contribution in [0, 0.1) is 0 Å². The van der Waals surface area contributed by atoms with Gasteiger partial charge in [-0.25, -0.2) is 0 Å². The molecule has 0 aliphatic carbocycles. The van der Waals surface area contributed by atoms with Gasteiger partial charge in [0.25, 0.3) is 5.91 Å². The number of halogens is 2. The second-order valence-electron chi connectivity index (χ2n) is 6.25. The van der Waals surface area contributed by atoms with Crippen molar-refractivity contribution in [3.8, 4) is 11.5 Å². The zero-order valence-corrected chi connectivity index (χ0v) is 17.5. The number of aromatic nitrogens is 1. The molecule has 8 heteroatoms. The Bertz CT molecular complexity index is 726. The van der Waals surface area contributed by atoms with Crippen LogP contribution in [-0.2, 0) is 6.61 Å². The second-order valence-corrected chi connectivity index (χ2v) is 6.25. The van der Waals surface area contributed by atoms with Crippen molar-refractivity contribution in [1.29, 1.82) is 0 Å². The number of ether oxygens (including phenoxy) is 2. The molecule has 2 aromatic rings. The molecule has 6 nitrogen and oxygen atoms in total. The van der Waals surface area contributed by atoms with Crippen molar-refractivity contribution in [3.63, 3.8) is 0 Å². The number of benzene rings is 1.